The number of aromatic amines is 1. The summed E-state index contributed by atoms with van der Waals surface area (Å²) in [6.07, 6.45) is -0.0664. The fourth-order valence-electron chi connectivity index (χ4n) is 3.20. The average Bonchev–Trinajstić information content (AvgIpc) is 3.28. The third kappa shape index (κ3) is 4.14. The number of rotatable bonds is 5. The van der Waals surface area contributed by atoms with Crippen molar-refractivity contribution >= 4 is 22.7 Å². The SMILES string of the molecule is CCCN1Cc2[nH]c(-c3cnn(Cc4cccc(C(F)(F)F)c4)c3)nc2N=C1Cl. The van der Waals surface area contributed by atoms with E-state index in [0.717, 1.165) is 36.4 Å². The van der Waals surface area contributed by atoms with Crippen molar-refractivity contribution in [3.05, 3.63) is 53.5 Å². The van der Waals surface area contributed by atoms with E-state index in [1.165, 1.54) is 6.07 Å². The summed E-state index contributed by atoms with van der Waals surface area (Å²) in [7, 11) is 0. The van der Waals surface area contributed by atoms with Gasteiger partial charge < -0.3 is 9.88 Å². The minimum atomic E-state index is -4.37. The number of halogens is 4. The number of alkyl halides is 3. The van der Waals surface area contributed by atoms with E-state index < -0.39 is 11.7 Å². The fraction of sp³-hybridized carbons (Fsp3) is 0.316. The molecule has 0 spiro atoms. The Morgan fingerprint density at radius 1 is 1.28 bits per heavy atom. The molecule has 1 aliphatic rings. The van der Waals surface area contributed by atoms with Gasteiger partial charge in [-0.15, -0.1) is 0 Å². The Kier molecular flexibility index (Phi) is 5.08. The van der Waals surface area contributed by atoms with E-state index in [4.69, 9.17) is 11.6 Å². The number of nitrogens with one attached hydrogen (secondary N) is 1. The maximum Gasteiger partial charge on any atom is 0.416 e. The summed E-state index contributed by atoms with van der Waals surface area (Å²) in [6, 6.07) is 5.22. The van der Waals surface area contributed by atoms with Gasteiger partial charge in [0.25, 0.3) is 0 Å². The minimum Gasteiger partial charge on any atom is -0.341 e. The highest BCUT2D eigenvalue weighted by molar-refractivity contribution is 6.64. The van der Waals surface area contributed by atoms with Crippen molar-refractivity contribution in [3.63, 3.8) is 0 Å². The van der Waals surface area contributed by atoms with Crippen molar-refractivity contribution < 1.29 is 13.2 Å². The van der Waals surface area contributed by atoms with Crippen LogP contribution < -0.4 is 0 Å². The van der Waals surface area contributed by atoms with Gasteiger partial charge in [0.1, 0.15) is 5.82 Å². The summed E-state index contributed by atoms with van der Waals surface area (Å²) in [5.41, 5.74) is 1.43. The minimum absolute atomic E-state index is 0.221. The van der Waals surface area contributed by atoms with E-state index in [2.05, 4.69) is 27.0 Å². The first-order valence-corrected chi connectivity index (χ1v) is 9.48. The third-order valence-electron chi connectivity index (χ3n) is 4.56. The second-order valence-electron chi connectivity index (χ2n) is 6.81. The van der Waals surface area contributed by atoms with Gasteiger partial charge in [0.2, 0.25) is 5.29 Å². The Labute approximate surface area is 170 Å². The van der Waals surface area contributed by atoms with Gasteiger partial charge in [0.15, 0.2) is 5.82 Å². The molecule has 4 rings (SSSR count). The van der Waals surface area contributed by atoms with Crippen molar-refractivity contribution in [2.75, 3.05) is 6.54 Å². The Morgan fingerprint density at radius 3 is 2.86 bits per heavy atom. The average molecular weight is 423 g/mol. The van der Waals surface area contributed by atoms with Crippen LogP contribution >= 0.6 is 11.6 Å². The number of H-pyrrole nitrogens is 1. The van der Waals surface area contributed by atoms with Gasteiger partial charge >= 0.3 is 6.18 Å². The van der Waals surface area contributed by atoms with Gasteiger partial charge in [-0.25, -0.2) is 4.98 Å². The summed E-state index contributed by atoms with van der Waals surface area (Å²) < 4.78 is 40.2. The highest BCUT2D eigenvalue weighted by Gasteiger charge is 2.30. The molecule has 0 aliphatic carbocycles. The number of aliphatic imine (C=N–C) groups is 1. The van der Waals surface area contributed by atoms with E-state index in [0.29, 0.717) is 29.0 Å². The Bertz CT molecular complexity index is 1050. The maximum absolute atomic E-state index is 12.9. The molecule has 1 N–H and O–H groups in total. The van der Waals surface area contributed by atoms with Crippen LogP contribution in [0.4, 0.5) is 19.0 Å². The van der Waals surface area contributed by atoms with Crippen LogP contribution in [0, 0.1) is 0 Å². The molecule has 1 aromatic carbocycles. The van der Waals surface area contributed by atoms with Crippen molar-refractivity contribution in [3.8, 4) is 11.4 Å². The van der Waals surface area contributed by atoms with Gasteiger partial charge in [0.05, 0.1) is 36.1 Å². The molecule has 29 heavy (non-hydrogen) atoms. The van der Waals surface area contributed by atoms with E-state index in [1.54, 1.807) is 23.1 Å². The second-order valence-corrected chi connectivity index (χ2v) is 7.15. The van der Waals surface area contributed by atoms with Crippen LogP contribution in [0.2, 0.25) is 0 Å². The zero-order valence-electron chi connectivity index (χ0n) is 15.5. The molecule has 152 valence electrons. The third-order valence-corrected chi connectivity index (χ3v) is 4.89. The lowest BCUT2D eigenvalue weighted by atomic mass is 10.1. The van der Waals surface area contributed by atoms with Crippen LogP contribution in [-0.2, 0) is 19.3 Å². The Balaban J connectivity index is 1.53. The monoisotopic (exact) mass is 422 g/mol. The molecule has 10 heteroatoms. The lowest BCUT2D eigenvalue weighted by Gasteiger charge is -2.24. The van der Waals surface area contributed by atoms with Crippen LogP contribution in [0.1, 0.15) is 30.2 Å². The van der Waals surface area contributed by atoms with Crippen molar-refractivity contribution in [2.24, 2.45) is 4.99 Å². The Hall–Kier alpha value is -2.81. The number of amidine groups is 1. The van der Waals surface area contributed by atoms with Gasteiger partial charge in [-0.2, -0.15) is 23.3 Å². The fourth-order valence-corrected chi connectivity index (χ4v) is 3.42. The van der Waals surface area contributed by atoms with Gasteiger partial charge in [-0.05, 0) is 35.7 Å². The van der Waals surface area contributed by atoms with Crippen LogP contribution in [0.5, 0.6) is 0 Å². The van der Waals surface area contributed by atoms with Crippen molar-refractivity contribution in [1.29, 1.82) is 0 Å². The number of hydrogen-bond acceptors (Lipinski definition) is 4. The molecule has 0 atom stereocenters. The summed E-state index contributed by atoms with van der Waals surface area (Å²) in [5, 5.41) is 4.66. The number of fused-ring (bicyclic) bond motifs is 1. The molecule has 6 nitrogen and oxygen atoms in total. The number of hydrogen-bond donors (Lipinski definition) is 1. The molecule has 3 aromatic rings. The van der Waals surface area contributed by atoms with Gasteiger partial charge in [0, 0.05) is 12.7 Å². The van der Waals surface area contributed by atoms with Gasteiger partial charge in [-0.3, -0.25) is 4.68 Å². The molecule has 3 heterocycles. The zero-order valence-corrected chi connectivity index (χ0v) is 16.3. The lowest BCUT2D eigenvalue weighted by molar-refractivity contribution is -0.137. The second kappa shape index (κ2) is 7.55. The van der Waals surface area contributed by atoms with Crippen molar-refractivity contribution in [2.45, 2.75) is 32.6 Å². The molecule has 0 saturated carbocycles. The number of nitrogens with zero attached hydrogens (tertiary/aromatic N) is 5. The topological polar surface area (TPSA) is 62.1 Å². The molecule has 0 bridgehead atoms. The molecular weight excluding hydrogens is 405 g/mol. The van der Waals surface area contributed by atoms with Crippen LogP contribution in [-0.4, -0.2) is 36.5 Å². The summed E-state index contributed by atoms with van der Waals surface area (Å²) in [6.45, 7) is 3.68. The van der Waals surface area contributed by atoms with E-state index >= 15 is 0 Å². The van der Waals surface area contributed by atoms with Crippen LogP contribution in [0.3, 0.4) is 0 Å². The summed E-state index contributed by atoms with van der Waals surface area (Å²) >= 11 is 6.21. The number of imidazole rings is 1. The summed E-state index contributed by atoms with van der Waals surface area (Å²) in [5.74, 6) is 1.14. The maximum atomic E-state index is 12.9. The molecule has 2 aromatic heterocycles. The van der Waals surface area contributed by atoms with E-state index in [9.17, 15) is 13.2 Å². The zero-order chi connectivity index (χ0) is 20.6. The van der Waals surface area contributed by atoms with Gasteiger partial charge in [-0.1, -0.05) is 19.1 Å². The molecule has 0 saturated heterocycles. The number of benzene rings is 1. The highest BCUT2D eigenvalue weighted by Crippen LogP contribution is 2.30. The quantitative estimate of drug-likeness (QED) is 0.601. The normalized spacial score (nSPS) is 14.1. The molecule has 0 unspecified atom stereocenters. The molecular formula is C19H18ClF3N6. The first kappa shape index (κ1) is 19.5. The standard InChI is InChI=1S/C19H18ClF3N6/c1-2-6-28-11-15-17(27-18(28)20)26-16(25-15)13-8-24-29(10-13)9-12-4-3-5-14(7-12)19(21,22)23/h3-5,7-8,10H,2,6,9,11H2,1H3,(H,25,26). The Morgan fingerprint density at radius 2 is 2.10 bits per heavy atom. The van der Waals surface area contributed by atoms with Crippen LogP contribution in [0.15, 0.2) is 41.7 Å². The highest BCUT2D eigenvalue weighted by atomic mass is 35.5. The number of aromatic nitrogens is 4. The lowest BCUT2D eigenvalue weighted by Crippen LogP contribution is -2.29. The smallest absolute Gasteiger partial charge is 0.341 e. The predicted octanol–water partition coefficient (Wildman–Crippen LogP) is 4.79. The summed E-state index contributed by atoms with van der Waals surface area (Å²) in [4.78, 5) is 14.0. The van der Waals surface area contributed by atoms with E-state index in [1.807, 2.05) is 4.90 Å². The molecule has 1 aliphatic heterocycles. The first-order chi connectivity index (χ1) is 13.8. The first-order valence-electron chi connectivity index (χ1n) is 9.10. The largest absolute Gasteiger partial charge is 0.416 e. The van der Waals surface area contributed by atoms with Crippen molar-refractivity contribution in [1.82, 2.24) is 24.6 Å². The molecule has 0 radical (unpaired) electrons. The molecule has 0 fully saturated rings. The van der Waals surface area contributed by atoms with Crippen LogP contribution in [0.25, 0.3) is 11.4 Å². The predicted molar refractivity (Wildman–Crippen MR) is 104 cm³/mol. The van der Waals surface area contributed by atoms with E-state index in [-0.39, 0.29) is 6.54 Å². The molecule has 0 amide bonds.